The molecule has 150 valence electrons. The molecule has 1 aliphatic rings. The summed E-state index contributed by atoms with van der Waals surface area (Å²) in [5.74, 6) is 0.672. The second-order valence-electron chi connectivity index (χ2n) is 6.04. The van der Waals surface area contributed by atoms with E-state index in [0.29, 0.717) is 24.5 Å². The van der Waals surface area contributed by atoms with Gasteiger partial charge in [0.1, 0.15) is 11.5 Å². The molecule has 1 fully saturated rings. The van der Waals surface area contributed by atoms with Gasteiger partial charge in [-0.05, 0) is 44.5 Å². The Morgan fingerprint density at radius 3 is 2.48 bits per heavy atom. The number of thioether (sulfide) groups is 1. The van der Waals surface area contributed by atoms with Gasteiger partial charge >= 0.3 is 0 Å². The first-order valence-corrected chi connectivity index (χ1v) is 11.5. The van der Waals surface area contributed by atoms with Gasteiger partial charge in [-0.15, -0.1) is 11.8 Å². The molecular weight excluding hydrogens is 392 g/mol. The topological polar surface area (TPSA) is 111 Å². The summed E-state index contributed by atoms with van der Waals surface area (Å²) < 4.78 is 33.6. The summed E-state index contributed by atoms with van der Waals surface area (Å²) >= 11 is 1.28. The minimum atomic E-state index is -2.96. The Bertz CT molecular complexity index is 751. The maximum Gasteiger partial charge on any atom is 0.279 e. The number of ether oxygens (including phenoxy) is 2. The van der Waals surface area contributed by atoms with E-state index in [2.05, 4.69) is 10.9 Å². The number of amides is 2. The second-order valence-corrected chi connectivity index (χ2v) is 9.56. The zero-order valence-corrected chi connectivity index (χ0v) is 16.9. The molecule has 27 heavy (non-hydrogen) atoms. The average Bonchev–Trinajstić information content (AvgIpc) is 2.98. The van der Waals surface area contributed by atoms with Crippen molar-refractivity contribution in [2.75, 3.05) is 23.9 Å². The second kappa shape index (κ2) is 9.84. The Morgan fingerprint density at radius 1 is 1.22 bits per heavy atom. The number of sulfone groups is 1. The normalized spacial score (nSPS) is 19.1. The molecule has 0 saturated carbocycles. The van der Waals surface area contributed by atoms with Crippen molar-refractivity contribution < 1.29 is 27.5 Å². The molecular formula is C17H24N2O6S2. The van der Waals surface area contributed by atoms with Gasteiger partial charge in [-0.25, -0.2) is 8.42 Å². The predicted octanol–water partition coefficient (Wildman–Crippen LogP) is 0.920. The van der Waals surface area contributed by atoms with Gasteiger partial charge in [-0.2, -0.15) is 0 Å². The monoisotopic (exact) mass is 416 g/mol. The molecule has 2 rings (SSSR count). The lowest BCUT2D eigenvalue weighted by Gasteiger charge is -2.15. The fourth-order valence-electron chi connectivity index (χ4n) is 2.39. The predicted molar refractivity (Wildman–Crippen MR) is 104 cm³/mol. The van der Waals surface area contributed by atoms with E-state index in [4.69, 9.17) is 9.47 Å². The molecule has 1 aromatic carbocycles. The molecule has 0 radical (unpaired) electrons. The van der Waals surface area contributed by atoms with E-state index in [1.165, 1.54) is 11.8 Å². The highest BCUT2D eigenvalue weighted by Gasteiger charge is 2.28. The Kier molecular flexibility index (Phi) is 7.78. The van der Waals surface area contributed by atoms with E-state index in [0.717, 1.165) is 0 Å². The minimum Gasteiger partial charge on any atom is -0.494 e. The molecule has 0 aliphatic carbocycles. The van der Waals surface area contributed by atoms with Crippen molar-refractivity contribution >= 4 is 33.4 Å². The first-order chi connectivity index (χ1) is 12.8. The summed E-state index contributed by atoms with van der Waals surface area (Å²) in [6.07, 6.45) is -0.254. The number of carbonyl (C=O) groups is 2. The number of hydrogen-bond donors (Lipinski definition) is 2. The van der Waals surface area contributed by atoms with Gasteiger partial charge in [0.15, 0.2) is 15.9 Å². The molecule has 0 aromatic heterocycles. The first kappa shape index (κ1) is 21.4. The summed E-state index contributed by atoms with van der Waals surface area (Å²) in [6, 6.07) is 6.87. The number of nitrogens with one attached hydrogen (secondary N) is 2. The van der Waals surface area contributed by atoms with Crippen LogP contribution >= 0.6 is 11.8 Å². The Morgan fingerprint density at radius 2 is 1.89 bits per heavy atom. The highest BCUT2D eigenvalue weighted by atomic mass is 32.2. The summed E-state index contributed by atoms with van der Waals surface area (Å²) in [5.41, 5.74) is 4.62. The van der Waals surface area contributed by atoms with Crippen LogP contribution in [-0.4, -0.2) is 55.5 Å². The summed E-state index contributed by atoms with van der Waals surface area (Å²) in [6.45, 7) is 4.02. The van der Waals surface area contributed by atoms with Crippen molar-refractivity contribution in [3.05, 3.63) is 24.3 Å². The van der Waals surface area contributed by atoms with Gasteiger partial charge in [0.25, 0.3) is 5.91 Å². The third-order valence-corrected chi connectivity index (χ3v) is 7.06. The zero-order chi connectivity index (χ0) is 19.9. The third kappa shape index (κ3) is 7.30. The van der Waals surface area contributed by atoms with Crippen molar-refractivity contribution in [1.29, 1.82) is 0 Å². The average molecular weight is 417 g/mol. The molecule has 2 amide bonds. The Balaban J connectivity index is 1.68. The van der Waals surface area contributed by atoms with Gasteiger partial charge in [0, 0.05) is 5.25 Å². The minimum absolute atomic E-state index is 0.0710. The van der Waals surface area contributed by atoms with E-state index in [1.54, 1.807) is 31.2 Å². The Labute approximate surface area is 163 Å². The molecule has 1 heterocycles. The molecule has 1 aromatic rings. The molecule has 0 spiro atoms. The van der Waals surface area contributed by atoms with Crippen molar-refractivity contribution in [3.8, 4) is 11.5 Å². The quantitative estimate of drug-likeness (QED) is 0.606. The van der Waals surface area contributed by atoms with E-state index in [9.17, 15) is 18.0 Å². The number of benzene rings is 1. The van der Waals surface area contributed by atoms with Crippen LogP contribution in [0.2, 0.25) is 0 Å². The van der Waals surface area contributed by atoms with E-state index < -0.39 is 27.8 Å². The van der Waals surface area contributed by atoms with Gasteiger partial charge < -0.3 is 9.47 Å². The van der Waals surface area contributed by atoms with Gasteiger partial charge in [0.05, 0.1) is 23.9 Å². The largest absolute Gasteiger partial charge is 0.494 e. The molecule has 1 aliphatic heterocycles. The van der Waals surface area contributed by atoms with Crippen LogP contribution in [0.15, 0.2) is 24.3 Å². The van der Waals surface area contributed by atoms with Crippen LogP contribution in [0.1, 0.15) is 20.3 Å². The number of hydrogen-bond acceptors (Lipinski definition) is 7. The van der Waals surface area contributed by atoms with Gasteiger partial charge in [0.2, 0.25) is 5.91 Å². The lowest BCUT2D eigenvalue weighted by molar-refractivity contribution is -0.131. The highest BCUT2D eigenvalue weighted by Crippen LogP contribution is 2.24. The summed E-state index contributed by atoms with van der Waals surface area (Å²) in [7, 11) is -2.96. The number of carbonyl (C=O) groups excluding carboxylic acids is 2. The lowest BCUT2D eigenvalue weighted by Crippen LogP contribution is -2.47. The molecule has 2 N–H and O–H groups in total. The Hall–Kier alpha value is -1.94. The van der Waals surface area contributed by atoms with Crippen LogP contribution in [-0.2, 0) is 19.4 Å². The fraction of sp³-hybridized carbons (Fsp3) is 0.529. The zero-order valence-electron chi connectivity index (χ0n) is 15.3. The maximum atomic E-state index is 12.0. The SMILES string of the molecule is CCOc1ccc(O[C@@H](C)C(=O)NNC(=O)CS[C@H]2CCS(=O)(=O)C2)cc1. The lowest BCUT2D eigenvalue weighted by atomic mass is 10.3. The third-order valence-electron chi connectivity index (χ3n) is 3.78. The van der Waals surface area contributed by atoms with Crippen LogP contribution in [0.25, 0.3) is 0 Å². The molecule has 8 nitrogen and oxygen atoms in total. The van der Waals surface area contributed by atoms with E-state index in [1.807, 2.05) is 6.92 Å². The van der Waals surface area contributed by atoms with Crippen LogP contribution in [0.3, 0.4) is 0 Å². The van der Waals surface area contributed by atoms with Crippen LogP contribution in [0, 0.1) is 0 Å². The molecule has 0 bridgehead atoms. The molecule has 2 atom stereocenters. The van der Waals surface area contributed by atoms with Crippen molar-refractivity contribution in [1.82, 2.24) is 10.9 Å². The first-order valence-electron chi connectivity index (χ1n) is 8.59. The maximum absolute atomic E-state index is 12.0. The summed E-state index contributed by atoms with van der Waals surface area (Å²) in [5, 5.41) is -0.0710. The number of rotatable bonds is 8. The molecule has 0 unspecified atom stereocenters. The summed E-state index contributed by atoms with van der Waals surface area (Å²) in [4.78, 5) is 23.8. The fourth-order valence-corrected chi connectivity index (χ4v) is 5.84. The molecule has 1 saturated heterocycles. The van der Waals surface area contributed by atoms with Crippen molar-refractivity contribution in [3.63, 3.8) is 0 Å². The van der Waals surface area contributed by atoms with Crippen LogP contribution in [0.5, 0.6) is 11.5 Å². The van der Waals surface area contributed by atoms with Crippen molar-refractivity contribution in [2.24, 2.45) is 0 Å². The molecule has 10 heteroatoms. The highest BCUT2D eigenvalue weighted by molar-refractivity contribution is 8.02. The smallest absolute Gasteiger partial charge is 0.279 e. The standard InChI is InChI=1S/C17H24N2O6S2/c1-3-24-13-4-6-14(7-5-13)25-12(2)17(21)19-18-16(20)10-26-15-8-9-27(22,23)11-15/h4-7,12,15H,3,8-11H2,1-2H3,(H,18,20)(H,19,21)/t12-,15-/m0/s1. The van der Waals surface area contributed by atoms with E-state index in [-0.39, 0.29) is 22.5 Å². The van der Waals surface area contributed by atoms with Crippen LogP contribution in [0.4, 0.5) is 0 Å². The van der Waals surface area contributed by atoms with Gasteiger partial charge in [-0.3, -0.25) is 20.4 Å². The van der Waals surface area contributed by atoms with Crippen LogP contribution < -0.4 is 20.3 Å². The van der Waals surface area contributed by atoms with Gasteiger partial charge in [-0.1, -0.05) is 0 Å². The van der Waals surface area contributed by atoms with Crippen molar-refractivity contribution in [2.45, 2.75) is 31.6 Å². The van der Waals surface area contributed by atoms with E-state index >= 15 is 0 Å². The number of hydrazine groups is 1.